The molecule has 0 aliphatic heterocycles. The standard InChI is InChI=1S/C13H23N/c1-5-12(2)8-6-9-13(3)10-7-11-14-4/h5-6,8,11-13H,1,7,9-10H2,2-4H3. The predicted octanol–water partition coefficient (Wildman–Crippen LogP) is 3.87. The van der Waals surface area contributed by atoms with E-state index in [1.54, 1.807) is 0 Å². The molecule has 0 saturated heterocycles. The van der Waals surface area contributed by atoms with E-state index in [2.05, 4.69) is 37.6 Å². The van der Waals surface area contributed by atoms with E-state index in [-0.39, 0.29) is 0 Å². The van der Waals surface area contributed by atoms with E-state index in [1.807, 2.05) is 19.3 Å². The fourth-order valence-electron chi connectivity index (χ4n) is 1.21. The van der Waals surface area contributed by atoms with Crippen molar-refractivity contribution in [3.05, 3.63) is 24.8 Å². The van der Waals surface area contributed by atoms with Crippen molar-refractivity contribution in [1.29, 1.82) is 0 Å². The van der Waals surface area contributed by atoms with Gasteiger partial charge in [0.05, 0.1) is 0 Å². The van der Waals surface area contributed by atoms with Gasteiger partial charge in [-0.1, -0.05) is 32.1 Å². The van der Waals surface area contributed by atoms with Gasteiger partial charge >= 0.3 is 0 Å². The number of nitrogens with zero attached hydrogens (tertiary/aromatic N) is 1. The highest BCUT2D eigenvalue weighted by molar-refractivity contribution is 5.56. The Labute approximate surface area is 88.6 Å². The van der Waals surface area contributed by atoms with Crippen LogP contribution in [0.15, 0.2) is 29.8 Å². The average Bonchev–Trinajstić information content (AvgIpc) is 2.18. The Balaban J connectivity index is 3.57. The molecule has 2 atom stereocenters. The summed E-state index contributed by atoms with van der Waals surface area (Å²) in [5.41, 5.74) is 0. The lowest BCUT2D eigenvalue weighted by molar-refractivity contribution is 0.555. The lowest BCUT2D eigenvalue weighted by Crippen LogP contribution is -1.93. The van der Waals surface area contributed by atoms with Crippen molar-refractivity contribution in [2.45, 2.75) is 33.1 Å². The van der Waals surface area contributed by atoms with E-state index in [0.717, 1.165) is 18.8 Å². The van der Waals surface area contributed by atoms with Gasteiger partial charge < -0.3 is 4.99 Å². The van der Waals surface area contributed by atoms with E-state index < -0.39 is 0 Å². The van der Waals surface area contributed by atoms with Crippen molar-refractivity contribution in [3.63, 3.8) is 0 Å². The Hall–Kier alpha value is -0.850. The normalized spacial score (nSPS) is 16.2. The second-order valence-electron chi connectivity index (χ2n) is 3.88. The summed E-state index contributed by atoms with van der Waals surface area (Å²) in [6, 6.07) is 0. The van der Waals surface area contributed by atoms with Crippen LogP contribution in [0.4, 0.5) is 0 Å². The van der Waals surface area contributed by atoms with E-state index in [4.69, 9.17) is 0 Å². The first-order valence-electron chi connectivity index (χ1n) is 5.40. The Morgan fingerprint density at radius 2 is 2.07 bits per heavy atom. The Morgan fingerprint density at radius 1 is 1.36 bits per heavy atom. The van der Waals surface area contributed by atoms with E-state index in [9.17, 15) is 0 Å². The van der Waals surface area contributed by atoms with Crippen LogP contribution in [0.5, 0.6) is 0 Å². The molecular weight excluding hydrogens is 170 g/mol. The van der Waals surface area contributed by atoms with Crippen molar-refractivity contribution < 1.29 is 0 Å². The van der Waals surface area contributed by atoms with Crippen LogP contribution >= 0.6 is 0 Å². The third-order valence-electron chi connectivity index (χ3n) is 2.32. The maximum Gasteiger partial charge on any atom is 0.0273 e. The first-order chi connectivity index (χ1) is 6.70. The third-order valence-corrected chi connectivity index (χ3v) is 2.32. The molecular formula is C13H23N. The number of allylic oxidation sites excluding steroid dienone is 3. The van der Waals surface area contributed by atoms with Gasteiger partial charge in [0, 0.05) is 7.05 Å². The number of rotatable bonds is 7. The van der Waals surface area contributed by atoms with Gasteiger partial charge in [0.1, 0.15) is 0 Å². The maximum atomic E-state index is 3.97. The Morgan fingerprint density at radius 3 is 2.64 bits per heavy atom. The highest BCUT2D eigenvalue weighted by Gasteiger charge is 1.97. The summed E-state index contributed by atoms with van der Waals surface area (Å²) in [5, 5.41) is 0. The molecule has 1 nitrogen and oxygen atoms in total. The summed E-state index contributed by atoms with van der Waals surface area (Å²) in [7, 11) is 1.83. The van der Waals surface area contributed by atoms with Gasteiger partial charge in [-0.3, -0.25) is 0 Å². The minimum Gasteiger partial charge on any atom is -0.301 e. The van der Waals surface area contributed by atoms with Gasteiger partial charge in [0.15, 0.2) is 0 Å². The first-order valence-corrected chi connectivity index (χ1v) is 5.40. The molecule has 0 amide bonds. The monoisotopic (exact) mass is 193 g/mol. The van der Waals surface area contributed by atoms with Gasteiger partial charge in [-0.15, -0.1) is 6.58 Å². The average molecular weight is 193 g/mol. The quantitative estimate of drug-likeness (QED) is 0.430. The largest absolute Gasteiger partial charge is 0.301 e. The van der Waals surface area contributed by atoms with Crippen LogP contribution in [0, 0.1) is 11.8 Å². The Kier molecular flexibility index (Phi) is 8.20. The molecule has 0 N–H and O–H groups in total. The fourth-order valence-corrected chi connectivity index (χ4v) is 1.21. The third kappa shape index (κ3) is 7.78. The van der Waals surface area contributed by atoms with Crippen molar-refractivity contribution in [1.82, 2.24) is 0 Å². The molecule has 0 radical (unpaired) electrons. The van der Waals surface area contributed by atoms with Crippen LogP contribution in [0.1, 0.15) is 33.1 Å². The topological polar surface area (TPSA) is 12.4 Å². The van der Waals surface area contributed by atoms with Crippen LogP contribution < -0.4 is 0 Å². The molecule has 0 saturated carbocycles. The molecule has 0 aliphatic carbocycles. The second kappa shape index (κ2) is 8.74. The molecule has 2 unspecified atom stereocenters. The van der Waals surface area contributed by atoms with Gasteiger partial charge in [0.25, 0.3) is 0 Å². The lowest BCUT2D eigenvalue weighted by atomic mass is 10.0. The van der Waals surface area contributed by atoms with Crippen molar-refractivity contribution in [2.24, 2.45) is 16.8 Å². The van der Waals surface area contributed by atoms with E-state index in [0.29, 0.717) is 5.92 Å². The Bertz CT molecular complexity index is 191. The lowest BCUT2D eigenvalue weighted by Gasteiger charge is -2.06. The highest BCUT2D eigenvalue weighted by Crippen LogP contribution is 2.11. The van der Waals surface area contributed by atoms with Crippen LogP contribution in [0.3, 0.4) is 0 Å². The smallest absolute Gasteiger partial charge is 0.0273 e. The molecule has 1 heteroatoms. The zero-order chi connectivity index (χ0) is 10.8. The molecule has 0 rings (SSSR count). The van der Waals surface area contributed by atoms with Crippen molar-refractivity contribution in [2.75, 3.05) is 7.05 Å². The summed E-state index contributed by atoms with van der Waals surface area (Å²) in [4.78, 5) is 3.97. The molecule has 80 valence electrons. The number of aliphatic imine (C=N–C) groups is 1. The molecule has 0 spiro atoms. The highest BCUT2D eigenvalue weighted by atomic mass is 14.6. The van der Waals surface area contributed by atoms with E-state index >= 15 is 0 Å². The van der Waals surface area contributed by atoms with Crippen LogP contribution in [-0.2, 0) is 0 Å². The minimum absolute atomic E-state index is 0.499. The van der Waals surface area contributed by atoms with Crippen LogP contribution in [-0.4, -0.2) is 13.3 Å². The first kappa shape index (κ1) is 13.2. The zero-order valence-corrected chi connectivity index (χ0v) is 9.74. The van der Waals surface area contributed by atoms with Gasteiger partial charge in [-0.25, -0.2) is 0 Å². The van der Waals surface area contributed by atoms with Crippen LogP contribution in [0.25, 0.3) is 0 Å². The second-order valence-corrected chi connectivity index (χ2v) is 3.88. The summed E-state index contributed by atoms with van der Waals surface area (Å²) >= 11 is 0. The van der Waals surface area contributed by atoms with Crippen molar-refractivity contribution in [3.8, 4) is 0 Å². The SMILES string of the molecule is C=CC(C)C=CCC(C)CCC=NC. The van der Waals surface area contributed by atoms with Gasteiger partial charge in [0.2, 0.25) is 0 Å². The van der Waals surface area contributed by atoms with Crippen molar-refractivity contribution >= 4 is 6.21 Å². The summed E-state index contributed by atoms with van der Waals surface area (Å²) in [6.07, 6.45) is 11.9. The zero-order valence-electron chi connectivity index (χ0n) is 9.74. The maximum absolute atomic E-state index is 3.97. The van der Waals surface area contributed by atoms with Gasteiger partial charge in [-0.2, -0.15) is 0 Å². The fraction of sp³-hybridized carbons (Fsp3) is 0.615. The summed E-state index contributed by atoms with van der Waals surface area (Å²) in [5.74, 6) is 1.25. The molecule has 0 aliphatic rings. The molecule has 14 heavy (non-hydrogen) atoms. The molecule has 0 fully saturated rings. The molecule has 0 bridgehead atoms. The number of hydrogen-bond donors (Lipinski definition) is 0. The van der Waals surface area contributed by atoms with Gasteiger partial charge in [-0.05, 0) is 37.3 Å². The van der Waals surface area contributed by atoms with Crippen LogP contribution in [0.2, 0.25) is 0 Å². The van der Waals surface area contributed by atoms with E-state index in [1.165, 1.54) is 6.42 Å². The molecule has 0 aromatic carbocycles. The minimum atomic E-state index is 0.499. The summed E-state index contributed by atoms with van der Waals surface area (Å²) < 4.78 is 0. The predicted molar refractivity (Wildman–Crippen MR) is 65.9 cm³/mol. The number of hydrogen-bond acceptors (Lipinski definition) is 1. The molecule has 0 aromatic heterocycles. The molecule has 0 heterocycles. The molecule has 0 aromatic rings. The summed E-state index contributed by atoms with van der Waals surface area (Å²) in [6.45, 7) is 8.19.